The summed E-state index contributed by atoms with van der Waals surface area (Å²) in [6, 6.07) is 5.33. The molecule has 0 aliphatic heterocycles. The van der Waals surface area contributed by atoms with E-state index in [9.17, 15) is 13.0 Å². The second-order valence-electron chi connectivity index (χ2n) is 9.29. The Kier molecular flexibility index (Phi) is 14.4. The van der Waals surface area contributed by atoms with Crippen LogP contribution in [0.5, 0.6) is 0 Å². The lowest BCUT2D eigenvalue weighted by molar-refractivity contribution is 0.481. The van der Waals surface area contributed by atoms with Gasteiger partial charge in [0.1, 0.15) is 0 Å². The molecule has 0 atom stereocenters. The molecule has 0 radical (unpaired) electrons. The van der Waals surface area contributed by atoms with Crippen molar-refractivity contribution in [3.05, 3.63) is 29.3 Å². The van der Waals surface area contributed by atoms with E-state index in [0.717, 1.165) is 49.1 Å². The summed E-state index contributed by atoms with van der Waals surface area (Å²) in [4.78, 5) is 0.109. The third kappa shape index (κ3) is 12.1. The molecule has 0 aliphatic carbocycles. The smallest absolute Gasteiger partial charge is 0.282 e. The third-order valence-electron chi connectivity index (χ3n) is 6.02. The number of hydrogen-bond acceptors (Lipinski definition) is 2. The van der Waals surface area contributed by atoms with Crippen molar-refractivity contribution in [1.82, 2.24) is 0 Å². The molecule has 30 heavy (non-hydrogen) atoms. The average Bonchev–Trinajstić information content (AvgIpc) is 2.69. The summed E-state index contributed by atoms with van der Waals surface area (Å²) in [5.41, 5.74) is 1.92. The Morgan fingerprint density at radius 2 is 1.30 bits per heavy atom. The summed E-state index contributed by atoms with van der Waals surface area (Å²) in [7, 11) is -4.15. The van der Waals surface area contributed by atoms with Crippen molar-refractivity contribution in [2.45, 2.75) is 128 Å². The van der Waals surface area contributed by atoms with E-state index in [0.29, 0.717) is 0 Å². The van der Waals surface area contributed by atoms with Crippen molar-refractivity contribution in [3.63, 3.8) is 0 Å². The highest BCUT2D eigenvalue weighted by molar-refractivity contribution is 7.85. The first kappa shape index (κ1) is 27.2. The van der Waals surface area contributed by atoms with Gasteiger partial charge in [0.25, 0.3) is 10.1 Å². The van der Waals surface area contributed by atoms with Crippen LogP contribution in [0.1, 0.15) is 122 Å². The molecule has 174 valence electrons. The van der Waals surface area contributed by atoms with E-state index in [1.807, 2.05) is 6.07 Å². The van der Waals surface area contributed by atoms with Gasteiger partial charge in [0, 0.05) is 0 Å². The highest BCUT2D eigenvalue weighted by Crippen LogP contribution is 2.24. The normalized spacial score (nSPS) is 12.0. The zero-order chi connectivity index (χ0) is 22.2. The molecule has 0 spiro atoms. The van der Waals surface area contributed by atoms with Crippen molar-refractivity contribution in [1.29, 1.82) is 0 Å². The number of benzene rings is 1. The summed E-state index contributed by atoms with van der Waals surface area (Å²) in [5.74, 6) is 0.847. The van der Waals surface area contributed by atoms with Crippen LogP contribution >= 0.6 is 0 Å². The van der Waals surface area contributed by atoms with Gasteiger partial charge >= 0.3 is 0 Å². The van der Waals surface area contributed by atoms with Gasteiger partial charge in [-0.3, -0.25) is 4.55 Å². The molecule has 0 bridgehead atoms. The van der Waals surface area contributed by atoms with E-state index in [2.05, 4.69) is 20.8 Å². The first-order valence-corrected chi connectivity index (χ1v) is 13.9. The summed E-state index contributed by atoms with van der Waals surface area (Å²) in [6.45, 7) is 6.71. The topological polar surface area (TPSA) is 54.4 Å². The summed E-state index contributed by atoms with van der Waals surface area (Å²) in [6.07, 6.45) is 19.5. The molecular formula is C26H46O3S. The van der Waals surface area contributed by atoms with Crippen LogP contribution in [-0.2, 0) is 23.0 Å². The molecule has 0 aliphatic rings. The maximum atomic E-state index is 11.7. The van der Waals surface area contributed by atoms with Crippen molar-refractivity contribution < 1.29 is 13.0 Å². The maximum Gasteiger partial charge on any atom is 0.294 e. The lowest BCUT2D eigenvalue weighted by atomic mass is 9.97. The van der Waals surface area contributed by atoms with Gasteiger partial charge in [-0.1, -0.05) is 110 Å². The summed E-state index contributed by atoms with van der Waals surface area (Å²) in [5, 5.41) is 0. The first-order valence-electron chi connectivity index (χ1n) is 12.4. The molecule has 1 N–H and O–H groups in total. The van der Waals surface area contributed by atoms with Crippen LogP contribution in [0.3, 0.4) is 0 Å². The molecular weight excluding hydrogens is 392 g/mol. The largest absolute Gasteiger partial charge is 0.294 e. The van der Waals surface area contributed by atoms with Gasteiger partial charge in [-0.2, -0.15) is 8.42 Å². The van der Waals surface area contributed by atoms with E-state index in [4.69, 9.17) is 0 Å². The van der Waals surface area contributed by atoms with Crippen LogP contribution in [0, 0.1) is 5.92 Å². The van der Waals surface area contributed by atoms with E-state index in [1.165, 1.54) is 76.7 Å². The van der Waals surface area contributed by atoms with Gasteiger partial charge in [0.15, 0.2) is 0 Å². The predicted octanol–water partition coefficient (Wildman–Crippen LogP) is 8.16. The molecule has 0 saturated carbocycles. The average molecular weight is 439 g/mol. The van der Waals surface area contributed by atoms with E-state index < -0.39 is 10.1 Å². The lowest BCUT2D eigenvalue weighted by Crippen LogP contribution is -2.07. The molecule has 4 heteroatoms. The van der Waals surface area contributed by atoms with Crippen LogP contribution in [0.25, 0.3) is 0 Å². The predicted molar refractivity (Wildman–Crippen MR) is 129 cm³/mol. The fraction of sp³-hybridized carbons (Fsp3) is 0.769. The number of unbranched alkanes of at least 4 members (excludes halogenated alkanes) is 11. The Balaban J connectivity index is 2.21. The second-order valence-corrected chi connectivity index (χ2v) is 10.7. The molecule has 1 aromatic carbocycles. The van der Waals surface area contributed by atoms with E-state index in [-0.39, 0.29) is 4.90 Å². The van der Waals surface area contributed by atoms with Gasteiger partial charge in [-0.05, 0) is 48.8 Å². The molecule has 3 nitrogen and oxygen atoms in total. The van der Waals surface area contributed by atoms with E-state index >= 15 is 0 Å². The number of rotatable bonds is 18. The molecule has 0 heterocycles. The number of hydrogen-bond donors (Lipinski definition) is 1. The van der Waals surface area contributed by atoms with Crippen molar-refractivity contribution in [2.24, 2.45) is 5.92 Å². The Bertz CT molecular complexity index is 665. The van der Waals surface area contributed by atoms with Crippen LogP contribution in [0.2, 0.25) is 0 Å². The molecule has 0 unspecified atom stereocenters. The lowest BCUT2D eigenvalue weighted by Gasteiger charge is -2.13. The highest BCUT2D eigenvalue weighted by Gasteiger charge is 2.17. The molecule has 0 fully saturated rings. The summed E-state index contributed by atoms with van der Waals surface area (Å²) < 4.78 is 33.0. The van der Waals surface area contributed by atoms with Crippen LogP contribution in [0.4, 0.5) is 0 Å². The minimum Gasteiger partial charge on any atom is -0.282 e. The maximum absolute atomic E-state index is 11.7. The molecule has 0 amide bonds. The van der Waals surface area contributed by atoms with Crippen LogP contribution in [-0.4, -0.2) is 13.0 Å². The third-order valence-corrected chi connectivity index (χ3v) is 6.95. The van der Waals surface area contributed by atoms with Crippen molar-refractivity contribution in [3.8, 4) is 0 Å². The van der Waals surface area contributed by atoms with Crippen LogP contribution < -0.4 is 0 Å². The van der Waals surface area contributed by atoms with Gasteiger partial charge in [0.05, 0.1) is 4.90 Å². The minimum atomic E-state index is -4.15. The van der Waals surface area contributed by atoms with Gasteiger partial charge < -0.3 is 0 Å². The van der Waals surface area contributed by atoms with Gasteiger partial charge in [-0.25, -0.2) is 0 Å². The standard InChI is InChI=1S/C26H46O3S/c1-4-5-21-25-24(20-17-22-26(25)30(27,28)29)19-16-14-12-10-8-6-7-9-11-13-15-18-23(2)3/h17,20,22-23H,4-16,18-19,21H2,1-3H3,(H,27,28,29). The Morgan fingerprint density at radius 1 is 0.767 bits per heavy atom. The quantitative estimate of drug-likeness (QED) is 0.186. The zero-order valence-electron chi connectivity index (χ0n) is 19.8. The fourth-order valence-electron chi connectivity index (χ4n) is 4.18. The van der Waals surface area contributed by atoms with Crippen molar-refractivity contribution >= 4 is 10.1 Å². The molecule has 0 aromatic heterocycles. The molecule has 1 aromatic rings. The van der Waals surface area contributed by atoms with Crippen molar-refractivity contribution in [2.75, 3.05) is 0 Å². The molecule has 0 saturated heterocycles. The Morgan fingerprint density at radius 3 is 1.80 bits per heavy atom. The number of aryl methyl sites for hydroxylation is 1. The molecule has 1 rings (SSSR count). The van der Waals surface area contributed by atoms with Crippen LogP contribution in [0.15, 0.2) is 23.1 Å². The highest BCUT2D eigenvalue weighted by atomic mass is 32.2. The zero-order valence-corrected chi connectivity index (χ0v) is 20.6. The SMILES string of the molecule is CCCCc1c(CCCCCCCCCCCCCC(C)C)cccc1S(=O)(=O)O. The Labute approximate surface area is 186 Å². The van der Waals surface area contributed by atoms with E-state index in [1.54, 1.807) is 6.07 Å². The first-order chi connectivity index (χ1) is 14.4. The Hall–Kier alpha value is -0.870. The monoisotopic (exact) mass is 438 g/mol. The van der Waals surface area contributed by atoms with Gasteiger partial charge in [0.2, 0.25) is 0 Å². The minimum absolute atomic E-state index is 0.109. The van der Waals surface area contributed by atoms with Gasteiger partial charge in [-0.15, -0.1) is 0 Å². The fourth-order valence-corrected chi connectivity index (χ4v) is 4.98. The second kappa shape index (κ2) is 15.9. The summed E-state index contributed by atoms with van der Waals surface area (Å²) >= 11 is 0.